The Morgan fingerprint density at radius 1 is 0.972 bits per heavy atom. The number of halogens is 2. The fraction of sp³-hybridized carbons (Fsp3) is 0.259. The minimum atomic E-state index is -0.731. The van der Waals surface area contributed by atoms with Crippen LogP contribution in [0.4, 0.5) is 20.2 Å². The lowest BCUT2D eigenvalue weighted by molar-refractivity contribution is 0.0383. The van der Waals surface area contributed by atoms with Gasteiger partial charge in [0.05, 0.1) is 24.5 Å². The molecular weight excluding hydrogens is 468 g/mol. The lowest BCUT2D eigenvalue weighted by atomic mass is 9.96. The van der Waals surface area contributed by atoms with Crippen LogP contribution >= 0.6 is 0 Å². The van der Waals surface area contributed by atoms with Crippen molar-refractivity contribution in [2.75, 3.05) is 44.7 Å². The molecule has 0 atom stereocenters. The summed E-state index contributed by atoms with van der Waals surface area (Å²) in [5.41, 5.74) is 2.39. The van der Waals surface area contributed by atoms with Crippen molar-refractivity contribution >= 4 is 23.1 Å². The second-order valence-corrected chi connectivity index (χ2v) is 8.66. The number of carbonyl (C=O) groups excluding carboxylic acids is 2. The number of anilines is 2. The van der Waals surface area contributed by atoms with Gasteiger partial charge in [0.15, 0.2) is 5.78 Å². The van der Waals surface area contributed by atoms with Gasteiger partial charge in [-0.05, 0) is 36.4 Å². The molecule has 0 spiro atoms. The van der Waals surface area contributed by atoms with Gasteiger partial charge in [-0.2, -0.15) is 0 Å². The zero-order valence-electron chi connectivity index (χ0n) is 19.5. The number of morpholine rings is 1. The van der Waals surface area contributed by atoms with Gasteiger partial charge in [0.1, 0.15) is 24.0 Å². The minimum absolute atomic E-state index is 0.101. The Labute approximate surface area is 207 Å². The van der Waals surface area contributed by atoms with Crippen LogP contribution in [-0.2, 0) is 11.3 Å². The normalized spacial score (nSPS) is 15.3. The number of fused-ring (bicyclic) bond motifs is 2. The van der Waals surface area contributed by atoms with E-state index in [1.807, 2.05) is 0 Å². The highest BCUT2D eigenvalue weighted by atomic mass is 19.1. The van der Waals surface area contributed by atoms with Crippen molar-refractivity contribution in [2.45, 2.75) is 6.61 Å². The van der Waals surface area contributed by atoms with Crippen LogP contribution in [-0.4, -0.2) is 56.0 Å². The molecule has 3 aromatic rings. The molecule has 0 bridgehead atoms. The molecule has 1 amide bonds. The van der Waals surface area contributed by atoms with Crippen molar-refractivity contribution in [1.82, 2.24) is 10.2 Å². The van der Waals surface area contributed by atoms with Crippen LogP contribution in [0.1, 0.15) is 31.8 Å². The molecule has 1 saturated heterocycles. The summed E-state index contributed by atoms with van der Waals surface area (Å²) in [7, 11) is 0. The topological polar surface area (TPSA) is 79.9 Å². The summed E-state index contributed by atoms with van der Waals surface area (Å²) >= 11 is 0. The summed E-state index contributed by atoms with van der Waals surface area (Å²) in [6.45, 7) is 4.47. The van der Waals surface area contributed by atoms with E-state index in [0.29, 0.717) is 53.4 Å². The Morgan fingerprint density at radius 3 is 2.61 bits per heavy atom. The van der Waals surface area contributed by atoms with Crippen molar-refractivity contribution in [3.8, 4) is 5.75 Å². The minimum Gasteiger partial charge on any atom is -0.488 e. The van der Waals surface area contributed by atoms with Crippen LogP contribution < -0.4 is 15.4 Å². The Hall–Kier alpha value is -3.82. The third-order valence-electron chi connectivity index (χ3n) is 6.25. The lowest BCUT2D eigenvalue weighted by Crippen LogP contribution is -2.41. The van der Waals surface area contributed by atoms with Gasteiger partial charge < -0.3 is 20.1 Å². The number of hydrogen-bond acceptors (Lipinski definition) is 6. The second-order valence-electron chi connectivity index (χ2n) is 8.66. The molecule has 7 nitrogen and oxygen atoms in total. The first kappa shape index (κ1) is 23.9. The Morgan fingerprint density at radius 2 is 1.81 bits per heavy atom. The lowest BCUT2D eigenvalue weighted by Gasteiger charge is -2.26. The molecule has 0 aliphatic carbocycles. The molecule has 36 heavy (non-hydrogen) atoms. The monoisotopic (exact) mass is 493 g/mol. The van der Waals surface area contributed by atoms with E-state index in [1.54, 1.807) is 36.4 Å². The van der Waals surface area contributed by atoms with E-state index < -0.39 is 11.6 Å². The highest BCUT2D eigenvalue weighted by Gasteiger charge is 2.24. The van der Waals surface area contributed by atoms with E-state index in [0.717, 1.165) is 31.8 Å². The smallest absolute Gasteiger partial charge is 0.251 e. The van der Waals surface area contributed by atoms with Crippen molar-refractivity contribution in [2.24, 2.45) is 0 Å². The quantitative estimate of drug-likeness (QED) is 0.543. The SMILES string of the molecule is O=C(NCCN1CCOCC1)c1ccc2c(c1)C(=O)c1ccc(Nc3ccc(F)cc3F)cc1OC2. The molecule has 1 fully saturated rings. The summed E-state index contributed by atoms with van der Waals surface area (Å²) in [5.74, 6) is -1.58. The summed E-state index contributed by atoms with van der Waals surface area (Å²) in [6, 6.07) is 13.1. The van der Waals surface area contributed by atoms with Gasteiger partial charge in [-0.15, -0.1) is 0 Å². The van der Waals surface area contributed by atoms with E-state index in [4.69, 9.17) is 9.47 Å². The standard InChI is InChI=1S/C27H25F2N3O4/c28-19-3-6-24(23(29)14-19)31-20-4-5-21-25(15-20)36-16-18-2-1-17(13-22(18)26(21)33)27(34)30-7-8-32-9-11-35-12-10-32/h1-6,13-15,31H,7-12,16H2,(H,30,34). The van der Waals surface area contributed by atoms with Crippen LogP contribution in [0.3, 0.4) is 0 Å². The van der Waals surface area contributed by atoms with E-state index >= 15 is 0 Å². The molecule has 2 heterocycles. The number of benzene rings is 3. The predicted octanol–water partition coefficient (Wildman–Crippen LogP) is 3.89. The first-order chi connectivity index (χ1) is 17.5. The molecule has 0 aromatic heterocycles. The van der Waals surface area contributed by atoms with Gasteiger partial charge in [-0.3, -0.25) is 14.5 Å². The van der Waals surface area contributed by atoms with Crippen molar-refractivity contribution in [1.29, 1.82) is 0 Å². The third-order valence-corrected chi connectivity index (χ3v) is 6.25. The molecule has 2 aliphatic rings. The summed E-state index contributed by atoms with van der Waals surface area (Å²) in [5, 5.41) is 5.79. The number of amides is 1. The second kappa shape index (κ2) is 10.4. The molecule has 0 radical (unpaired) electrons. The highest BCUT2D eigenvalue weighted by molar-refractivity contribution is 6.13. The van der Waals surface area contributed by atoms with Crippen molar-refractivity contribution in [3.05, 3.63) is 88.5 Å². The molecule has 186 valence electrons. The van der Waals surface area contributed by atoms with Crippen molar-refractivity contribution in [3.63, 3.8) is 0 Å². The van der Waals surface area contributed by atoms with Crippen LogP contribution in [0.15, 0.2) is 54.6 Å². The molecule has 2 N–H and O–H groups in total. The fourth-order valence-electron chi connectivity index (χ4n) is 4.26. The predicted molar refractivity (Wildman–Crippen MR) is 130 cm³/mol. The maximum Gasteiger partial charge on any atom is 0.251 e. The van der Waals surface area contributed by atoms with E-state index in [-0.39, 0.29) is 24.0 Å². The fourth-order valence-corrected chi connectivity index (χ4v) is 4.26. The largest absolute Gasteiger partial charge is 0.488 e. The van der Waals surface area contributed by atoms with Crippen molar-refractivity contribution < 1.29 is 27.8 Å². The zero-order valence-corrected chi connectivity index (χ0v) is 19.5. The maximum absolute atomic E-state index is 14.0. The molecule has 3 aromatic carbocycles. The summed E-state index contributed by atoms with van der Waals surface area (Å²) < 4.78 is 38.4. The molecule has 9 heteroatoms. The number of rotatable bonds is 6. The summed E-state index contributed by atoms with van der Waals surface area (Å²) in [6.07, 6.45) is 0. The number of carbonyl (C=O) groups is 2. The van der Waals surface area contributed by atoms with E-state index in [9.17, 15) is 18.4 Å². The molecular formula is C27H25F2N3O4. The van der Waals surface area contributed by atoms with Crippen LogP contribution in [0.2, 0.25) is 0 Å². The third kappa shape index (κ3) is 5.22. The number of nitrogens with zero attached hydrogens (tertiary/aromatic N) is 1. The molecule has 5 rings (SSSR count). The molecule has 0 unspecified atom stereocenters. The average molecular weight is 494 g/mol. The highest BCUT2D eigenvalue weighted by Crippen LogP contribution is 2.32. The van der Waals surface area contributed by atoms with Gasteiger partial charge in [0.2, 0.25) is 0 Å². The van der Waals surface area contributed by atoms with Gasteiger partial charge in [0, 0.05) is 60.7 Å². The van der Waals surface area contributed by atoms with Gasteiger partial charge in [-0.25, -0.2) is 8.78 Å². The summed E-state index contributed by atoms with van der Waals surface area (Å²) in [4.78, 5) is 28.3. The van der Waals surface area contributed by atoms with E-state index in [1.165, 1.54) is 6.07 Å². The van der Waals surface area contributed by atoms with Gasteiger partial charge >= 0.3 is 0 Å². The first-order valence-electron chi connectivity index (χ1n) is 11.7. The van der Waals surface area contributed by atoms with E-state index in [2.05, 4.69) is 15.5 Å². The first-order valence-corrected chi connectivity index (χ1v) is 11.7. The number of ketones is 1. The van der Waals surface area contributed by atoms with Crippen LogP contribution in [0.25, 0.3) is 0 Å². The number of ether oxygens (including phenoxy) is 2. The Bertz CT molecular complexity index is 1310. The Balaban J connectivity index is 1.30. The Kier molecular flexibility index (Phi) is 6.92. The van der Waals surface area contributed by atoms with Gasteiger partial charge in [0.25, 0.3) is 5.91 Å². The van der Waals surface area contributed by atoms with Gasteiger partial charge in [-0.1, -0.05) is 6.07 Å². The molecule has 2 aliphatic heterocycles. The van der Waals surface area contributed by atoms with Crippen LogP contribution in [0.5, 0.6) is 5.75 Å². The number of nitrogens with one attached hydrogen (secondary N) is 2. The zero-order chi connectivity index (χ0) is 25.1. The average Bonchev–Trinajstić information content (AvgIpc) is 3.02. The molecule has 0 saturated carbocycles. The maximum atomic E-state index is 14.0. The van der Waals surface area contributed by atoms with Crippen LogP contribution in [0, 0.1) is 11.6 Å². The number of hydrogen-bond donors (Lipinski definition) is 2.